The summed E-state index contributed by atoms with van der Waals surface area (Å²) in [5.74, 6) is 0.140. The lowest BCUT2D eigenvalue weighted by molar-refractivity contribution is -0.120. The van der Waals surface area contributed by atoms with Crippen LogP contribution in [0.5, 0.6) is 0 Å². The van der Waals surface area contributed by atoms with Gasteiger partial charge in [0.25, 0.3) is 0 Å². The van der Waals surface area contributed by atoms with E-state index in [0.717, 1.165) is 25.8 Å². The molecular formula is C16H27NO2. The predicted molar refractivity (Wildman–Crippen MR) is 80.9 cm³/mol. The van der Waals surface area contributed by atoms with Crippen molar-refractivity contribution in [1.82, 2.24) is 4.90 Å². The number of hydrogen-bond acceptors (Lipinski definition) is 3. The third kappa shape index (κ3) is 11.6. The maximum atomic E-state index is 11.7. The molecule has 0 saturated heterocycles. The molecular weight excluding hydrogens is 238 g/mol. The summed E-state index contributed by atoms with van der Waals surface area (Å²) in [5.41, 5.74) is 0. The van der Waals surface area contributed by atoms with Crippen LogP contribution in [0.3, 0.4) is 0 Å². The highest BCUT2D eigenvalue weighted by Crippen LogP contribution is 1.99. The fourth-order valence-electron chi connectivity index (χ4n) is 1.62. The standard InChI is InChI=1S/C16H27NO2/c1-3-5-7-8-9-10-12-16(19)14-17(15-18)13-11-6-4-2/h3,5,7-10,18H,4,6,11-15H2,1-2H3/b5-3+,8-7-,10-9+. The number of ketones is 1. The molecule has 0 aliphatic rings. The van der Waals surface area contributed by atoms with Gasteiger partial charge < -0.3 is 5.11 Å². The van der Waals surface area contributed by atoms with E-state index in [0.29, 0.717) is 13.0 Å². The maximum absolute atomic E-state index is 11.7. The lowest BCUT2D eigenvalue weighted by Gasteiger charge is -2.17. The Kier molecular flexibility index (Phi) is 12.4. The third-order valence-corrected chi connectivity index (χ3v) is 2.69. The van der Waals surface area contributed by atoms with E-state index in [2.05, 4.69) is 6.92 Å². The molecule has 1 N–H and O–H groups in total. The summed E-state index contributed by atoms with van der Waals surface area (Å²) in [5, 5.41) is 9.18. The van der Waals surface area contributed by atoms with Crippen LogP contribution in [0.15, 0.2) is 36.5 Å². The lowest BCUT2D eigenvalue weighted by atomic mass is 10.2. The van der Waals surface area contributed by atoms with Gasteiger partial charge in [-0.1, -0.05) is 56.2 Å². The zero-order valence-corrected chi connectivity index (χ0v) is 12.2. The fourth-order valence-corrected chi connectivity index (χ4v) is 1.62. The van der Waals surface area contributed by atoms with Crippen molar-refractivity contribution in [3.05, 3.63) is 36.5 Å². The number of aliphatic hydroxyl groups is 1. The third-order valence-electron chi connectivity index (χ3n) is 2.69. The summed E-state index contributed by atoms with van der Waals surface area (Å²) >= 11 is 0. The van der Waals surface area contributed by atoms with Gasteiger partial charge in [0.1, 0.15) is 0 Å². The second kappa shape index (κ2) is 13.2. The smallest absolute Gasteiger partial charge is 0.150 e. The zero-order chi connectivity index (χ0) is 14.3. The first-order valence-corrected chi connectivity index (χ1v) is 7.04. The number of carbonyl (C=O) groups is 1. The number of unbranched alkanes of at least 4 members (excludes halogenated alkanes) is 2. The van der Waals surface area contributed by atoms with Crippen LogP contribution in [0.1, 0.15) is 39.5 Å². The van der Waals surface area contributed by atoms with Gasteiger partial charge in [0, 0.05) is 13.0 Å². The van der Waals surface area contributed by atoms with Crippen molar-refractivity contribution in [3.63, 3.8) is 0 Å². The molecule has 0 aromatic carbocycles. The number of rotatable bonds is 11. The van der Waals surface area contributed by atoms with Crippen LogP contribution in [0.25, 0.3) is 0 Å². The molecule has 0 heterocycles. The molecule has 3 heteroatoms. The lowest BCUT2D eigenvalue weighted by Crippen LogP contribution is -2.31. The monoisotopic (exact) mass is 265 g/mol. The molecule has 0 atom stereocenters. The zero-order valence-electron chi connectivity index (χ0n) is 12.2. The molecule has 0 aromatic heterocycles. The Balaban J connectivity index is 3.86. The average Bonchev–Trinajstić information content (AvgIpc) is 2.41. The summed E-state index contributed by atoms with van der Waals surface area (Å²) in [4.78, 5) is 13.5. The molecule has 3 nitrogen and oxygen atoms in total. The van der Waals surface area contributed by atoms with Gasteiger partial charge in [-0.05, 0) is 13.3 Å². The maximum Gasteiger partial charge on any atom is 0.150 e. The highest BCUT2D eigenvalue weighted by atomic mass is 16.3. The molecule has 108 valence electrons. The Labute approximate surface area is 117 Å². The summed E-state index contributed by atoms with van der Waals surface area (Å²) < 4.78 is 0. The Morgan fingerprint density at radius 1 is 1.16 bits per heavy atom. The van der Waals surface area contributed by atoms with E-state index in [4.69, 9.17) is 0 Å². The second-order valence-electron chi connectivity index (χ2n) is 4.48. The van der Waals surface area contributed by atoms with Gasteiger partial charge in [0.2, 0.25) is 0 Å². The summed E-state index contributed by atoms with van der Waals surface area (Å²) in [6, 6.07) is 0. The number of Topliss-reactive ketones (excluding diaryl/α,β-unsaturated/α-hetero) is 1. The minimum absolute atomic E-state index is 0.0413. The molecule has 0 fully saturated rings. The largest absolute Gasteiger partial charge is 0.381 e. The van der Waals surface area contributed by atoms with Gasteiger partial charge >= 0.3 is 0 Å². The second-order valence-corrected chi connectivity index (χ2v) is 4.48. The fraction of sp³-hybridized carbons (Fsp3) is 0.562. The van der Waals surface area contributed by atoms with E-state index in [9.17, 15) is 9.90 Å². The molecule has 0 radical (unpaired) electrons. The molecule has 0 aliphatic heterocycles. The number of allylic oxidation sites excluding steroid dienone is 6. The Morgan fingerprint density at radius 3 is 2.53 bits per heavy atom. The van der Waals surface area contributed by atoms with Gasteiger partial charge in [-0.15, -0.1) is 0 Å². The first kappa shape index (κ1) is 17.8. The van der Waals surface area contributed by atoms with Crippen molar-refractivity contribution in [3.8, 4) is 0 Å². The van der Waals surface area contributed by atoms with Crippen molar-refractivity contribution in [2.45, 2.75) is 39.5 Å². The van der Waals surface area contributed by atoms with Crippen molar-refractivity contribution in [2.24, 2.45) is 0 Å². The summed E-state index contributed by atoms with van der Waals surface area (Å²) in [6.45, 7) is 5.19. The quantitative estimate of drug-likeness (QED) is 0.354. The first-order chi connectivity index (χ1) is 9.24. The van der Waals surface area contributed by atoms with Crippen LogP contribution in [0, 0.1) is 0 Å². The number of hydrogen-bond donors (Lipinski definition) is 1. The molecule has 0 rings (SSSR count). The highest BCUT2D eigenvalue weighted by molar-refractivity contribution is 5.81. The van der Waals surface area contributed by atoms with Crippen molar-refractivity contribution < 1.29 is 9.90 Å². The van der Waals surface area contributed by atoms with Crippen molar-refractivity contribution >= 4 is 5.78 Å². The molecule has 0 amide bonds. The highest BCUT2D eigenvalue weighted by Gasteiger charge is 2.07. The van der Waals surface area contributed by atoms with E-state index in [1.807, 2.05) is 43.4 Å². The van der Waals surface area contributed by atoms with Crippen molar-refractivity contribution in [2.75, 3.05) is 19.8 Å². The van der Waals surface area contributed by atoms with Crippen molar-refractivity contribution in [1.29, 1.82) is 0 Å². The topological polar surface area (TPSA) is 40.5 Å². The van der Waals surface area contributed by atoms with Gasteiger partial charge in [0.15, 0.2) is 5.78 Å². The van der Waals surface area contributed by atoms with Crippen LogP contribution in [0.4, 0.5) is 0 Å². The number of nitrogens with zero attached hydrogens (tertiary/aromatic N) is 1. The van der Waals surface area contributed by atoms with E-state index >= 15 is 0 Å². The molecule has 0 bridgehead atoms. The van der Waals surface area contributed by atoms with E-state index in [1.54, 1.807) is 4.90 Å². The van der Waals surface area contributed by atoms with Crippen LogP contribution in [0.2, 0.25) is 0 Å². The Morgan fingerprint density at radius 2 is 1.89 bits per heavy atom. The van der Waals surface area contributed by atoms with Crippen LogP contribution < -0.4 is 0 Å². The summed E-state index contributed by atoms with van der Waals surface area (Å²) in [7, 11) is 0. The molecule has 0 spiro atoms. The Bertz CT molecular complexity index is 306. The van der Waals surface area contributed by atoms with Crippen LogP contribution in [-0.4, -0.2) is 35.6 Å². The van der Waals surface area contributed by atoms with Crippen LogP contribution >= 0.6 is 0 Å². The first-order valence-electron chi connectivity index (χ1n) is 7.04. The molecule has 0 aromatic rings. The molecule has 0 saturated carbocycles. The van der Waals surface area contributed by atoms with E-state index in [1.165, 1.54) is 0 Å². The minimum Gasteiger partial charge on any atom is -0.381 e. The molecule has 0 unspecified atom stereocenters. The normalized spacial score (nSPS) is 12.4. The molecule has 19 heavy (non-hydrogen) atoms. The SMILES string of the molecule is C/C=C/C=C\C=C\CC(=O)CN(CO)CCCCC. The summed E-state index contributed by atoms with van der Waals surface area (Å²) in [6.07, 6.45) is 15.2. The van der Waals surface area contributed by atoms with Gasteiger partial charge in [-0.3, -0.25) is 9.69 Å². The average molecular weight is 265 g/mol. The predicted octanol–water partition coefficient (Wildman–Crippen LogP) is 3.08. The van der Waals surface area contributed by atoms with Gasteiger partial charge in [-0.25, -0.2) is 0 Å². The van der Waals surface area contributed by atoms with E-state index < -0.39 is 0 Å². The minimum atomic E-state index is -0.0413. The van der Waals surface area contributed by atoms with Gasteiger partial charge in [-0.2, -0.15) is 0 Å². The van der Waals surface area contributed by atoms with E-state index in [-0.39, 0.29) is 12.5 Å². The molecule has 0 aliphatic carbocycles. The number of carbonyl (C=O) groups excluding carboxylic acids is 1. The van der Waals surface area contributed by atoms with Gasteiger partial charge in [0.05, 0.1) is 13.3 Å². The Hall–Kier alpha value is -1.19. The van der Waals surface area contributed by atoms with Crippen LogP contribution in [-0.2, 0) is 4.79 Å². The number of aliphatic hydroxyl groups excluding tert-OH is 1.